The number of halogens is 1. The van der Waals surface area contributed by atoms with E-state index in [-0.39, 0.29) is 18.3 Å². The van der Waals surface area contributed by atoms with Crippen molar-refractivity contribution in [3.63, 3.8) is 0 Å². The van der Waals surface area contributed by atoms with Crippen molar-refractivity contribution in [3.8, 4) is 11.3 Å². The zero-order chi connectivity index (χ0) is 15.3. The number of nitrogens with one attached hydrogen (secondary N) is 1. The van der Waals surface area contributed by atoms with Gasteiger partial charge in [0.2, 0.25) is 5.91 Å². The SMILES string of the molecule is CCC(CC)(CN)C(=O)Nc1ccc(-c2cnco2)cc1.Cl. The van der Waals surface area contributed by atoms with Crippen LogP contribution in [0.5, 0.6) is 0 Å². The molecule has 2 aromatic rings. The Morgan fingerprint density at radius 1 is 1.27 bits per heavy atom. The fourth-order valence-corrected chi connectivity index (χ4v) is 2.29. The van der Waals surface area contributed by atoms with E-state index in [0.717, 1.165) is 24.1 Å². The van der Waals surface area contributed by atoms with Crippen molar-refractivity contribution < 1.29 is 9.21 Å². The third-order valence-electron chi connectivity index (χ3n) is 4.09. The van der Waals surface area contributed by atoms with Crippen LogP contribution in [0.2, 0.25) is 0 Å². The summed E-state index contributed by atoms with van der Waals surface area (Å²) in [7, 11) is 0. The molecule has 0 atom stereocenters. The number of nitrogens with two attached hydrogens (primary N) is 1. The molecule has 1 heterocycles. The molecule has 2 rings (SSSR count). The van der Waals surface area contributed by atoms with E-state index in [1.54, 1.807) is 6.20 Å². The second kappa shape index (κ2) is 7.96. The first-order chi connectivity index (χ1) is 10.1. The normalized spacial score (nSPS) is 10.9. The first kappa shape index (κ1) is 18.2. The third-order valence-corrected chi connectivity index (χ3v) is 4.09. The molecule has 0 fully saturated rings. The number of rotatable bonds is 6. The van der Waals surface area contributed by atoms with E-state index < -0.39 is 5.41 Å². The van der Waals surface area contributed by atoms with Gasteiger partial charge >= 0.3 is 0 Å². The molecule has 1 amide bonds. The summed E-state index contributed by atoms with van der Waals surface area (Å²) in [5.41, 5.74) is 6.97. The van der Waals surface area contributed by atoms with Crippen molar-refractivity contribution in [2.24, 2.45) is 11.1 Å². The maximum absolute atomic E-state index is 12.4. The van der Waals surface area contributed by atoms with Crippen LogP contribution in [-0.4, -0.2) is 17.4 Å². The van der Waals surface area contributed by atoms with Gasteiger partial charge in [-0.1, -0.05) is 13.8 Å². The molecule has 0 saturated heterocycles. The lowest BCUT2D eigenvalue weighted by atomic mass is 9.81. The van der Waals surface area contributed by atoms with Crippen LogP contribution < -0.4 is 11.1 Å². The molecule has 22 heavy (non-hydrogen) atoms. The monoisotopic (exact) mass is 323 g/mol. The van der Waals surface area contributed by atoms with Crippen molar-refractivity contribution in [2.75, 3.05) is 11.9 Å². The molecule has 0 aliphatic rings. The Balaban J connectivity index is 0.00000242. The van der Waals surface area contributed by atoms with Gasteiger partial charge in [0, 0.05) is 17.8 Å². The zero-order valence-electron chi connectivity index (χ0n) is 12.8. The Morgan fingerprint density at radius 3 is 2.36 bits per heavy atom. The Bertz CT molecular complexity index is 570. The van der Waals surface area contributed by atoms with Crippen molar-refractivity contribution in [1.82, 2.24) is 4.98 Å². The molecule has 0 spiro atoms. The summed E-state index contributed by atoms with van der Waals surface area (Å²) < 4.78 is 5.23. The molecule has 0 aliphatic carbocycles. The lowest BCUT2D eigenvalue weighted by molar-refractivity contribution is -0.125. The summed E-state index contributed by atoms with van der Waals surface area (Å²) in [5, 5.41) is 2.94. The van der Waals surface area contributed by atoms with E-state index in [1.807, 2.05) is 38.1 Å². The Labute approximate surface area is 136 Å². The molecule has 0 bridgehead atoms. The van der Waals surface area contributed by atoms with Gasteiger partial charge in [-0.2, -0.15) is 0 Å². The Hall–Kier alpha value is -1.85. The molecule has 1 aromatic carbocycles. The van der Waals surface area contributed by atoms with Gasteiger partial charge in [-0.15, -0.1) is 12.4 Å². The maximum Gasteiger partial charge on any atom is 0.231 e. The van der Waals surface area contributed by atoms with Gasteiger partial charge in [-0.3, -0.25) is 4.79 Å². The minimum absolute atomic E-state index is 0. The molecule has 6 heteroatoms. The highest BCUT2D eigenvalue weighted by molar-refractivity contribution is 5.95. The number of benzene rings is 1. The molecular formula is C16H22ClN3O2. The lowest BCUT2D eigenvalue weighted by Gasteiger charge is -2.28. The molecule has 0 saturated carbocycles. The van der Waals surface area contributed by atoms with E-state index >= 15 is 0 Å². The highest BCUT2D eigenvalue weighted by Gasteiger charge is 2.33. The van der Waals surface area contributed by atoms with E-state index in [2.05, 4.69) is 10.3 Å². The number of anilines is 1. The lowest BCUT2D eigenvalue weighted by Crippen LogP contribution is -2.41. The van der Waals surface area contributed by atoms with Crippen LogP contribution in [-0.2, 0) is 4.79 Å². The molecule has 0 unspecified atom stereocenters. The van der Waals surface area contributed by atoms with Gasteiger partial charge in [0.1, 0.15) is 0 Å². The van der Waals surface area contributed by atoms with Gasteiger partial charge in [-0.25, -0.2) is 4.98 Å². The fraction of sp³-hybridized carbons (Fsp3) is 0.375. The first-order valence-corrected chi connectivity index (χ1v) is 7.15. The summed E-state index contributed by atoms with van der Waals surface area (Å²) in [4.78, 5) is 16.3. The minimum atomic E-state index is -0.496. The van der Waals surface area contributed by atoms with E-state index in [9.17, 15) is 4.79 Å². The van der Waals surface area contributed by atoms with Crippen LogP contribution in [0.4, 0.5) is 5.69 Å². The number of nitrogens with zero attached hydrogens (tertiary/aromatic N) is 1. The highest BCUT2D eigenvalue weighted by atomic mass is 35.5. The Morgan fingerprint density at radius 2 is 1.91 bits per heavy atom. The standard InChI is InChI=1S/C16H21N3O2.ClH/c1-3-16(4-2,10-17)15(20)19-13-7-5-12(6-8-13)14-9-18-11-21-14;/h5-9,11H,3-4,10,17H2,1-2H3,(H,19,20);1H. The summed E-state index contributed by atoms with van der Waals surface area (Å²) in [6.45, 7) is 4.33. The number of hydrogen-bond acceptors (Lipinski definition) is 4. The third kappa shape index (κ3) is 3.67. The smallest absolute Gasteiger partial charge is 0.231 e. The van der Waals surface area contributed by atoms with E-state index in [4.69, 9.17) is 10.2 Å². The summed E-state index contributed by atoms with van der Waals surface area (Å²) in [6.07, 6.45) is 4.49. The van der Waals surface area contributed by atoms with Crippen molar-refractivity contribution in [2.45, 2.75) is 26.7 Å². The summed E-state index contributed by atoms with van der Waals surface area (Å²) in [5.74, 6) is 0.675. The largest absolute Gasteiger partial charge is 0.444 e. The molecule has 1 aromatic heterocycles. The summed E-state index contributed by atoms with van der Waals surface area (Å²) >= 11 is 0. The molecule has 0 aliphatic heterocycles. The number of hydrogen-bond donors (Lipinski definition) is 2. The zero-order valence-corrected chi connectivity index (χ0v) is 13.7. The van der Waals surface area contributed by atoms with E-state index in [1.165, 1.54) is 6.39 Å². The average molecular weight is 324 g/mol. The van der Waals surface area contributed by atoms with Crippen LogP contribution in [0.25, 0.3) is 11.3 Å². The van der Waals surface area contributed by atoms with Gasteiger partial charge in [-0.05, 0) is 37.1 Å². The molecule has 0 radical (unpaired) electrons. The molecule has 120 valence electrons. The Kier molecular flexibility index (Phi) is 6.59. The van der Waals surface area contributed by atoms with Crippen LogP contribution in [0, 0.1) is 5.41 Å². The number of carbonyl (C=O) groups is 1. The van der Waals surface area contributed by atoms with Gasteiger partial charge in [0.05, 0.1) is 11.6 Å². The van der Waals surface area contributed by atoms with Crippen molar-refractivity contribution >= 4 is 24.0 Å². The summed E-state index contributed by atoms with van der Waals surface area (Å²) in [6, 6.07) is 7.47. The number of amides is 1. The molecule has 3 N–H and O–H groups in total. The fourth-order valence-electron chi connectivity index (χ4n) is 2.29. The van der Waals surface area contributed by atoms with Gasteiger partial charge < -0.3 is 15.5 Å². The number of aromatic nitrogens is 1. The quantitative estimate of drug-likeness (QED) is 0.853. The van der Waals surface area contributed by atoms with Crippen molar-refractivity contribution in [3.05, 3.63) is 36.9 Å². The van der Waals surface area contributed by atoms with Crippen molar-refractivity contribution in [1.29, 1.82) is 0 Å². The predicted molar refractivity (Wildman–Crippen MR) is 89.9 cm³/mol. The maximum atomic E-state index is 12.4. The van der Waals surface area contributed by atoms with Crippen LogP contribution in [0.1, 0.15) is 26.7 Å². The van der Waals surface area contributed by atoms with Gasteiger partial charge in [0.25, 0.3) is 0 Å². The molecule has 5 nitrogen and oxygen atoms in total. The second-order valence-corrected chi connectivity index (χ2v) is 5.09. The highest BCUT2D eigenvalue weighted by Crippen LogP contribution is 2.27. The van der Waals surface area contributed by atoms with E-state index in [0.29, 0.717) is 12.3 Å². The number of oxazole rings is 1. The topological polar surface area (TPSA) is 81.2 Å². The average Bonchev–Trinajstić information content (AvgIpc) is 3.05. The minimum Gasteiger partial charge on any atom is -0.444 e. The second-order valence-electron chi connectivity index (χ2n) is 5.09. The predicted octanol–water partition coefficient (Wildman–Crippen LogP) is 3.47. The van der Waals surface area contributed by atoms with Crippen LogP contribution >= 0.6 is 12.4 Å². The van der Waals surface area contributed by atoms with Gasteiger partial charge in [0.15, 0.2) is 12.2 Å². The van der Waals surface area contributed by atoms with Crippen LogP contribution in [0.15, 0.2) is 41.3 Å². The number of carbonyl (C=O) groups excluding carboxylic acids is 1. The van der Waals surface area contributed by atoms with Crippen LogP contribution in [0.3, 0.4) is 0 Å². The first-order valence-electron chi connectivity index (χ1n) is 7.15. The molecular weight excluding hydrogens is 302 g/mol.